The molecule has 0 saturated carbocycles. The molecule has 5 nitrogen and oxygen atoms in total. The zero-order valence-corrected chi connectivity index (χ0v) is 13.1. The van der Waals surface area contributed by atoms with Crippen LogP contribution in [-0.2, 0) is 0 Å². The molecule has 1 aliphatic heterocycles. The highest BCUT2D eigenvalue weighted by Gasteiger charge is 2.19. The second-order valence-corrected chi connectivity index (χ2v) is 6.15. The van der Waals surface area contributed by atoms with E-state index in [1.165, 1.54) is 10.9 Å². The third-order valence-corrected chi connectivity index (χ3v) is 4.73. The van der Waals surface area contributed by atoms with Gasteiger partial charge in [-0.3, -0.25) is 0 Å². The van der Waals surface area contributed by atoms with E-state index in [2.05, 4.69) is 41.4 Å². The van der Waals surface area contributed by atoms with Crippen LogP contribution in [-0.4, -0.2) is 54.6 Å². The number of piperazine rings is 1. The second-order valence-electron chi connectivity index (χ2n) is 5.29. The fourth-order valence-electron chi connectivity index (χ4n) is 2.52. The Balaban J connectivity index is 1.99. The van der Waals surface area contributed by atoms with E-state index in [9.17, 15) is 0 Å². The summed E-state index contributed by atoms with van der Waals surface area (Å²) >= 11 is 1.70. The van der Waals surface area contributed by atoms with Crippen LogP contribution in [0.4, 0.5) is 11.8 Å². The Labute approximate surface area is 123 Å². The number of anilines is 2. The number of rotatable bonds is 3. The molecule has 0 unspecified atom stereocenters. The van der Waals surface area contributed by atoms with Gasteiger partial charge in [-0.1, -0.05) is 0 Å². The number of nitrogens with zero attached hydrogens (tertiary/aromatic N) is 4. The highest BCUT2D eigenvalue weighted by molar-refractivity contribution is 7.17. The van der Waals surface area contributed by atoms with Crippen molar-refractivity contribution in [3.63, 3.8) is 0 Å². The summed E-state index contributed by atoms with van der Waals surface area (Å²) in [5.41, 5.74) is 1.26. The summed E-state index contributed by atoms with van der Waals surface area (Å²) in [7, 11) is 2.16. The first kappa shape index (κ1) is 13.6. The summed E-state index contributed by atoms with van der Waals surface area (Å²) in [5.74, 6) is 1.84. The Morgan fingerprint density at radius 3 is 2.70 bits per heavy atom. The van der Waals surface area contributed by atoms with Gasteiger partial charge in [0.15, 0.2) is 0 Å². The summed E-state index contributed by atoms with van der Waals surface area (Å²) in [6, 6.07) is 0. The van der Waals surface area contributed by atoms with E-state index in [0.29, 0.717) is 0 Å². The first-order valence-corrected chi connectivity index (χ1v) is 8.00. The molecule has 0 bridgehead atoms. The number of hydrogen-bond acceptors (Lipinski definition) is 6. The molecule has 1 saturated heterocycles. The maximum atomic E-state index is 4.76. The molecule has 0 spiro atoms. The standard InChI is InChI=1S/C14H21N5S/c1-4-15-12-11-10(2)9-20-13(11)17-14(16-12)19-7-5-18(3)6-8-19/h9H,4-8H2,1-3H3,(H,15,16,17). The Kier molecular flexibility index (Phi) is 3.76. The fraction of sp³-hybridized carbons (Fsp3) is 0.571. The van der Waals surface area contributed by atoms with Gasteiger partial charge in [0.05, 0.1) is 5.39 Å². The van der Waals surface area contributed by atoms with Gasteiger partial charge in [-0.2, -0.15) is 4.98 Å². The summed E-state index contributed by atoms with van der Waals surface area (Å²) in [6.07, 6.45) is 0. The van der Waals surface area contributed by atoms with Crippen LogP contribution in [0.2, 0.25) is 0 Å². The van der Waals surface area contributed by atoms with Crippen LogP contribution in [0.15, 0.2) is 5.38 Å². The lowest BCUT2D eigenvalue weighted by atomic mass is 10.2. The minimum atomic E-state index is 0.864. The van der Waals surface area contributed by atoms with Crippen molar-refractivity contribution in [2.75, 3.05) is 50.0 Å². The molecule has 2 aromatic rings. The number of aryl methyl sites for hydroxylation is 1. The summed E-state index contributed by atoms with van der Waals surface area (Å²) < 4.78 is 0. The van der Waals surface area contributed by atoms with E-state index in [4.69, 9.17) is 9.97 Å². The molecule has 0 atom stereocenters. The van der Waals surface area contributed by atoms with Crippen molar-refractivity contribution in [2.24, 2.45) is 0 Å². The van der Waals surface area contributed by atoms with Crippen LogP contribution in [0.5, 0.6) is 0 Å². The number of hydrogen-bond donors (Lipinski definition) is 1. The molecule has 1 aliphatic rings. The third-order valence-electron chi connectivity index (χ3n) is 3.74. The normalized spacial score (nSPS) is 16.9. The van der Waals surface area contributed by atoms with Crippen LogP contribution < -0.4 is 10.2 Å². The lowest BCUT2D eigenvalue weighted by Gasteiger charge is -2.32. The van der Waals surface area contributed by atoms with Gasteiger partial charge < -0.3 is 15.1 Å². The van der Waals surface area contributed by atoms with E-state index >= 15 is 0 Å². The number of nitrogens with one attached hydrogen (secondary N) is 1. The predicted molar refractivity (Wildman–Crippen MR) is 86.0 cm³/mol. The molecule has 2 aromatic heterocycles. The lowest BCUT2D eigenvalue weighted by molar-refractivity contribution is 0.311. The van der Waals surface area contributed by atoms with Crippen LogP contribution in [0.25, 0.3) is 10.2 Å². The van der Waals surface area contributed by atoms with Gasteiger partial charge in [-0.25, -0.2) is 4.98 Å². The van der Waals surface area contributed by atoms with Crippen molar-refractivity contribution < 1.29 is 0 Å². The van der Waals surface area contributed by atoms with E-state index in [1.54, 1.807) is 11.3 Å². The van der Waals surface area contributed by atoms with E-state index < -0.39 is 0 Å². The molecule has 0 aliphatic carbocycles. The Morgan fingerprint density at radius 1 is 1.25 bits per heavy atom. The minimum Gasteiger partial charge on any atom is -0.370 e. The Morgan fingerprint density at radius 2 is 2.00 bits per heavy atom. The Bertz CT molecular complexity index is 601. The molecule has 6 heteroatoms. The van der Waals surface area contributed by atoms with Crippen molar-refractivity contribution in [1.82, 2.24) is 14.9 Å². The van der Waals surface area contributed by atoms with Crippen molar-refractivity contribution in [3.05, 3.63) is 10.9 Å². The highest BCUT2D eigenvalue weighted by atomic mass is 32.1. The quantitative estimate of drug-likeness (QED) is 0.939. The first-order chi connectivity index (χ1) is 9.69. The summed E-state index contributed by atoms with van der Waals surface area (Å²) in [4.78, 5) is 15.2. The number of likely N-dealkylation sites (N-methyl/N-ethyl adjacent to an activating group) is 1. The van der Waals surface area contributed by atoms with Gasteiger partial charge >= 0.3 is 0 Å². The molecule has 0 aromatic carbocycles. The molecule has 108 valence electrons. The molecule has 0 amide bonds. The van der Waals surface area contributed by atoms with Crippen LogP contribution in [0, 0.1) is 6.92 Å². The molecule has 0 radical (unpaired) electrons. The molecule has 1 fully saturated rings. The number of thiophene rings is 1. The first-order valence-electron chi connectivity index (χ1n) is 7.12. The predicted octanol–water partition coefficient (Wildman–Crippen LogP) is 2.18. The zero-order chi connectivity index (χ0) is 14.1. The van der Waals surface area contributed by atoms with Gasteiger partial charge in [0.2, 0.25) is 5.95 Å². The van der Waals surface area contributed by atoms with Gasteiger partial charge in [0, 0.05) is 32.7 Å². The zero-order valence-electron chi connectivity index (χ0n) is 12.3. The average Bonchev–Trinajstić information content (AvgIpc) is 2.82. The smallest absolute Gasteiger partial charge is 0.228 e. The molecule has 1 N–H and O–H groups in total. The van der Waals surface area contributed by atoms with Gasteiger partial charge in [0.25, 0.3) is 0 Å². The number of fused-ring (bicyclic) bond motifs is 1. The van der Waals surface area contributed by atoms with Gasteiger partial charge in [-0.05, 0) is 31.8 Å². The minimum absolute atomic E-state index is 0.864. The fourth-order valence-corrected chi connectivity index (χ4v) is 3.43. The largest absolute Gasteiger partial charge is 0.370 e. The molecule has 3 heterocycles. The highest BCUT2D eigenvalue weighted by Crippen LogP contribution is 2.31. The second kappa shape index (κ2) is 5.54. The Hall–Kier alpha value is -1.40. The van der Waals surface area contributed by atoms with Crippen molar-refractivity contribution in [3.8, 4) is 0 Å². The molecular weight excluding hydrogens is 270 g/mol. The van der Waals surface area contributed by atoms with Crippen molar-refractivity contribution >= 4 is 33.3 Å². The monoisotopic (exact) mass is 291 g/mol. The van der Waals surface area contributed by atoms with E-state index in [0.717, 1.165) is 49.3 Å². The van der Waals surface area contributed by atoms with Crippen molar-refractivity contribution in [1.29, 1.82) is 0 Å². The van der Waals surface area contributed by atoms with E-state index in [1.807, 2.05) is 0 Å². The van der Waals surface area contributed by atoms with Crippen LogP contribution in [0.1, 0.15) is 12.5 Å². The summed E-state index contributed by atoms with van der Waals surface area (Å²) in [5, 5.41) is 6.72. The van der Waals surface area contributed by atoms with Crippen molar-refractivity contribution in [2.45, 2.75) is 13.8 Å². The van der Waals surface area contributed by atoms with Crippen LogP contribution >= 0.6 is 11.3 Å². The van der Waals surface area contributed by atoms with Gasteiger partial charge in [0.1, 0.15) is 10.6 Å². The topological polar surface area (TPSA) is 44.3 Å². The van der Waals surface area contributed by atoms with Crippen LogP contribution in [0.3, 0.4) is 0 Å². The van der Waals surface area contributed by atoms with Gasteiger partial charge in [-0.15, -0.1) is 11.3 Å². The maximum absolute atomic E-state index is 4.76. The third kappa shape index (κ3) is 2.45. The molecule has 3 rings (SSSR count). The lowest BCUT2D eigenvalue weighted by Crippen LogP contribution is -2.45. The van der Waals surface area contributed by atoms with E-state index in [-0.39, 0.29) is 0 Å². The summed E-state index contributed by atoms with van der Waals surface area (Å²) in [6.45, 7) is 9.24. The maximum Gasteiger partial charge on any atom is 0.228 e. The molecular formula is C14H21N5S. The molecule has 20 heavy (non-hydrogen) atoms. The SMILES string of the molecule is CCNc1nc(N2CCN(C)CC2)nc2scc(C)c12. The average molecular weight is 291 g/mol. The number of aromatic nitrogens is 2.